The maximum atomic E-state index is 11.2. The molecule has 1 rings (SSSR count). The monoisotopic (exact) mass is 276 g/mol. The van der Waals surface area contributed by atoms with Crippen molar-refractivity contribution in [2.45, 2.75) is 13.5 Å². The molecule has 0 heterocycles. The lowest BCUT2D eigenvalue weighted by Gasteiger charge is -2.05. The van der Waals surface area contributed by atoms with Crippen molar-refractivity contribution >= 4 is 5.97 Å². The lowest BCUT2D eigenvalue weighted by molar-refractivity contribution is -0.139. The van der Waals surface area contributed by atoms with Gasteiger partial charge in [-0.15, -0.1) is 0 Å². The van der Waals surface area contributed by atoms with Gasteiger partial charge in [0.15, 0.2) is 0 Å². The predicted molar refractivity (Wildman–Crippen MR) is 77.0 cm³/mol. The van der Waals surface area contributed by atoms with Crippen molar-refractivity contribution in [2.24, 2.45) is 0 Å². The molecule has 4 heteroatoms. The van der Waals surface area contributed by atoms with Gasteiger partial charge in [-0.05, 0) is 24.6 Å². The van der Waals surface area contributed by atoms with Gasteiger partial charge in [-0.1, -0.05) is 36.4 Å². The molecule has 108 valence electrons. The molecule has 0 aliphatic rings. The Bertz CT molecular complexity index is 449. The van der Waals surface area contributed by atoms with Crippen molar-refractivity contribution < 1.29 is 19.0 Å². The third-order valence-corrected chi connectivity index (χ3v) is 2.48. The van der Waals surface area contributed by atoms with E-state index in [1.165, 1.54) is 7.11 Å². The highest BCUT2D eigenvalue weighted by Crippen LogP contribution is 2.01. The Morgan fingerprint density at radius 2 is 1.85 bits per heavy atom. The molecular formula is C16H20O4. The van der Waals surface area contributed by atoms with Crippen LogP contribution in [0, 0.1) is 0 Å². The van der Waals surface area contributed by atoms with E-state index in [1.807, 2.05) is 36.4 Å². The van der Waals surface area contributed by atoms with Gasteiger partial charge in [0, 0.05) is 0 Å². The number of allylic oxidation sites excluding steroid dienone is 1. The number of hydrogen-bond donors (Lipinski definition) is 0. The van der Waals surface area contributed by atoms with Crippen LogP contribution in [0.2, 0.25) is 0 Å². The summed E-state index contributed by atoms with van der Waals surface area (Å²) in [5.74, 6) is -0.261. The van der Waals surface area contributed by atoms with E-state index in [0.717, 1.165) is 5.56 Å². The van der Waals surface area contributed by atoms with Gasteiger partial charge in [-0.25, -0.2) is 4.79 Å². The fourth-order valence-corrected chi connectivity index (χ4v) is 1.45. The largest absolute Gasteiger partial charge is 0.483 e. The van der Waals surface area contributed by atoms with Gasteiger partial charge in [0.25, 0.3) is 0 Å². The molecule has 20 heavy (non-hydrogen) atoms. The summed E-state index contributed by atoms with van der Waals surface area (Å²) in [7, 11) is 1.32. The lowest BCUT2D eigenvalue weighted by atomic mass is 10.2. The highest BCUT2D eigenvalue weighted by Gasteiger charge is 2.07. The molecule has 4 nitrogen and oxygen atoms in total. The molecule has 0 amide bonds. The van der Waals surface area contributed by atoms with Crippen molar-refractivity contribution in [1.82, 2.24) is 0 Å². The summed E-state index contributed by atoms with van der Waals surface area (Å²) in [6, 6.07) is 9.96. The number of carbonyl (C=O) groups excluding carboxylic acids is 1. The normalized spacial score (nSPS) is 11.6. The van der Waals surface area contributed by atoms with Crippen molar-refractivity contribution in [2.75, 3.05) is 20.3 Å². The van der Waals surface area contributed by atoms with Crippen LogP contribution in [-0.4, -0.2) is 26.3 Å². The van der Waals surface area contributed by atoms with Crippen LogP contribution in [0.3, 0.4) is 0 Å². The Morgan fingerprint density at radius 3 is 2.50 bits per heavy atom. The predicted octanol–water partition coefficient (Wildman–Crippen LogP) is 2.85. The molecular weight excluding hydrogens is 256 g/mol. The molecule has 1 aromatic carbocycles. The number of rotatable bonds is 8. The maximum absolute atomic E-state index is 11.2. The Hall–Kier alpha value is -2.07. The van der Waals surface area contributed by atoms with Gasteiger partial charge in [-0.2, -0.15) is 0 Å². The Morgan fingerprint density at radius 1 is 1.15 bits per heavy atom. The van der Waals surface area contributed by atoms with Crippen LogP contribution in [0.4, 0.5) is 0 Å². The third kappa shape index (κ3) is 6.20. The van der Waals surface area contributed by atoms with E-state index >= 15 is 0 Å². The smallest absolute Gasteiger partial charge is 0.372 e. The van der Waals surface area contributed by atoms with Gasteiger partial charge < -0.3 is 14.2 Å². The van der Waals surface area contributed by atoms with Gasteiger partial charge in [0.2, 0.25) is 5.76 Å². The van der Waals surface area contributed by atoms with Crippen molar-refractivity contribution in [3.05, 3.63) is 59.9 Å². The molecule has 0 saturated heterocycles. The molecule has 0 aliphatic carbocycles. The second-order valence-electron chi connectivity index (χ2n) is 3.93. The minimum Gasteiger partial charge on any atom is -0.483 e. The standard InChI is InChI=1S/C16H20O4/c1-3-15(16(17)18-2)20-12-8-7-11-19-13-14-9-5-4-6-10-14/h3-10H,11-13H2,1-2H3/b8-7-,15-3+. The van der Waals surface area contributed by atoms with E-state index in [9.17, 15) is 4.79 Å². The highest BCUT2D eigenvalue weighted by atomic mass is 16.6. The van der Waals surface area contributed by atoms with E-state index in [4.69, 9.17) is 9.47 Å². The fourth-order valence-electron chi connectivity index (χ4n) is 1.45. The zero-order valence-electron chi connectivity index (χ0n) is 11.9. The summed E-state index contributed by atoms with van der Waals surface area (Å²) in [5.41, 5.74) is 1.14. The molecule has 0 bridgehead atoms. The average Bonchev–Trinajstić information content (AvgIpc) is 2.50. The molecule has 0 atom stereocenters. The molecule has 0 unspecified atom stereocenters. The van der Waals surface area contributed by atoms with Crippen LogP contribution >= 0.6 is 0 Å². The number of carbonyl (C=O) groups is 1. The summed E-state index contributed by atoms with van der Waals surface area (Å²) >= 11 is 0. The lowest BCUT2D eigenvalue weighted by Crippen LogP contribution is -2.08. The van der Waals surface area contributed by atoms with Gasteiger partial charge in [0.05, 0.1) is 20.3 Å². The molecule has 0 spiro atoms. The second kappa shape index (κ2) is 9.81. The first-order chi connectivity index (χ1) is 9.77. The number of hydrogen-bond acceptors (Lipinski definition) is 4. The number of ether oxygens (including phenoxy) is 3. The van der Waals surface area contributed by atoms with Crippen molar-refractivity contribution in [1.29, 1.82) is 0 Å². The summed E-state index contributed by atoms with van der Waals surface area (Å²) in [5, 5.41) is 0. The quantitative estimate of drug-likeness (QED) is 0.241. The first kappa shape index (κ1) is 16.0. The van der Waals surface area contributed by atoms with Crippen LogP contribution in [0.15, 0.2) is 54.3 Å². The van der Waals surface area contributed by atoms with Gasteiger partial charge in [0.1, 0.15) is 6.61 Å². The maximum Gasteiger partial charge on any atom is 0.372 e. The molecule has 0 radical (unpaired) electrons. The second-order valence-corrected chi connectivity index (χ2v) is 3.93. The van der Waals surface area contributed by atoms with E-state index in [1.54, 1.807) is 19.1 Å². The minimum absolute atomic E-state index is 0.211. The average molecular weight is 276 g/mol. The van der Waals surface area contributed by atoms with E-state index in [2.05, 4.69) is 4.74 Å². The summed E-state index contributed by atoms with van der Waals surface area (Å²) < 4.78 is 15.3. The van der Waals surface area contributed by atoms with Gasteiger partial charge in [-0.3, -0.25) is 0 Å². The van der Waals surface area contributed by atoms with Crippen LogP contribution in [0.25, 0.3) is 0 Å². The summed E-state index contributed by atoms with van der Waals surface area (Å²) in [6.45, 7) is 3.11. The van der Waals surface area contributed by atoms with E-state index in [-0.39, 0.29) is 5.76 Å². The molecule has 0 aliphatic heterocycles. The van der Waals surface area contributed by atoms with Gasteiger partial charge >= 0.3 is 5.97 Å². The molecule has 1 aromatic rings. The Labute approximate surface area is 119 Å². The summed E-state index contributed by atoms with van der Waals surface area (Å²) in [6.07, 6.45) is 5.23. The molecule has 0 N–H and O–H groups in total. The topological polar surface area (TPSA) is 44.8 Å². The van der Waals surface area contributed by atoms with E-state index < -0.39 is 5.97 Å². The minimum atomic E-state index is -0.471. The first-order valence-corrected chi connectivity index (χ1v) is 6.42. The van der Waals surface area contributed by atoms with Crippen molar-refractivity contribution in [3.8, 4) is 0 Å². The highest BCUT2D eigenvalue weighted by molar-refractivity contribution is 5.85. The van der Waals surface area contributed by atoms with Crippen LogP contribution in [0.1, 0.15) is 12.5 Å². The van der Waals surface area contributed by atoms with Crippen LogP contribution < -0.4 is 0 Å². The fraction of sp³-hybridized carbons (Fsp3) is 0.312. The molecule has 0 saturated carbocycles. The number of methoxy groups -OCH3 is 1. The summed E-state index contributed by atoms with van der Waals surface area (Å²) in [4.78, 5) is 11.2. The molecule has 0 aromatic heterocycles. The Balaban J connectivity index is 2.15. The Kier molecular flexibility index (Phi) is 7.84. The zero-order valence-corrected chi connectivity index (χ0v) is 11.9. The zero-order chi connectivity index (χ0) is 14.6. The SMILES string of the molecule is C/C=C(/OC/C=C\COCc1ccccc1)C(=O)OC. The van der Waals surface area contributed by atoms with Crippen LogP contribution in [-0.2, 0) is 25.6 Å². The van der Waals surface area contributed by atoms with Crippen LogP contribution in [0.5, 0.6) is 0 Å². The van der Waals surface area contributed by atoms with Crippen molar-refractivity contribution in [3.63, 3.8) is 0 Å². The number of esters is 1. The first-order valence-electron chi connectivity index (χ1n) is 6.42. The molecule has 0 fully saturated rings. The number of benzene rings is 1. The van der Waals surface area contributed by atoms with E-state index in [0.29, 0.717) is 19.8 Å². The third-order valence-electron chi connectivity index (χ3n) is 2.48.